The van der Waals surface area contributed by atoms with Crippen molar-refractivity contribution in [2.45, 2.75) is 34.2 Å². The van der Waals surface area contributed by atoms with Crippen LogP contribution in [-0.4, -0.2) is 45.3 Å². The molecule has 2 N–H and O–H groups in total. The van der Waals surface area contributed by atoms with Gasteiger partial charge in [-0.2, -0.15) is 5.10 Å². The summed E-state index contributed by atoms with van der Waals surface area (Å²) in [5, 5.41) is 11.5. The predicted octanol–water partition coefficient (Wildman–Crippen LogP) is 4.47. The van der Waals surface area contributed by atoms with Gasteiger partial charge in [-0.1, -0.05) is 13.8 Å². The average molecular weight is 442 g/mol. The molecule has 1 aromatic carbocycles. The molecule has 7 nitrogen and oxygen atoms in total. The van der Waals surface area contributed by atoms with E-state index in [0.717, 1.165) is 37.6 Å². The summed E-state index contributed by atoms with van der Waals surface area (Å²) in [5.74, 6) is -0.280. The Bertz CT molecular complexity index is 1240. The van der Waals surface area contributed by atoms with E-state index in [2.05, 4.69) is 25.6 Å². The van der Waals surface area contributed by atoms with Crippen LogP contribution in [0, 0.1) is 18.6 Å². The van der Waals surface area contributed by atoms with E-state index < -0.39 is 5.82 Å². The van der Waals surface area contributed by atoms with Gasteiger partial charge in [-0.15, -0.1) is 0 Å². The number of halogens is 2. The van der Waals surface area contributed by atoms with Gasteiger partial charge in [-0.3, -0.25) is 0 Å². The number of aryl methyl sites for hydroxylation is 2. The number of nitrogens with one attached hydrogen (secondary N) is 2. The molecule has 4 heterocycles. The van der Waals surface area contributed by atoms with Crippen molar-refractivity contribution < 1.29 is 8.78 Å². The zero-order chi connectivity index (χ0) is 22.8. The Hall–Kier alpha value is -3.20. The van der Waals surface area contributed by atoms with Crippen molar-refractivity contribution in [1.29, 1.82) is 0 Å². The summed E-state index contributed by atoms with van der Waals surface area (Å²) in [6, 6.07) is 4.85. The summed E-state index contributed by atoms with van der Waals surface area (Å²) in [5.41, 5.74) is 2.89. The molecule has 0 unspecified atom stereocenters. The molecule has 0 saturated carbocycles. The molecule has 3 aromatic heterocycles. The fraction of sp³-hybridized carbons (Fsp3) is 0.391. The summed E-state index contributed by atoms with van der Waals surface area (Å²) in [6.07, 6.45) is 3.49. The minimum absolute atomic E-state index is 0.263. The van der Waals surface area contributed by atoms with E-state index in [1.54, 1.807) is 27.5 Å². The number of anilines is 3. The fourth-order valence-corrected chi connectivity index (χ4v) is 4.05. The van der Waals surface area contributed by atoms with Crippen LogP contribution in [0.3, 0.4) is 0 Å². The number of fused-ring (bicyclic) bond motifs is 2. The number of pyridine rings is 1. The van der Waals surface area contributed by atoms with Crippen molar-refractivity contribution in [2.75, 3.05) is 36.4 Å². The van der Waals surface area contributed by atoms with Crippen molar-refractivity contribution in [3.8, 4) is 0 Å². The van der Waals surface area contributed by atoms with Gasteiger partial charge < -0.3 is 19.9 Å². The molecule has 9 heteroatoms. The molecular weight excluding hydrogens is 412 g/mol. The van der Waals surface area contributed by atoms with Crippen LogP contribution < -0.4 is 15.5 Å². The molecule has 1 aliphatic rings. The normalized spacial score (nSPS) is 14.0. The van der Waals surface area contributed by atoms with Gasteiger partial charge in [0.2, 0.25) is 0 Å². The SMILES string of the molecule is CC.CCn1nc2cc(N3CCNCC3)cc(F)c2c1Nc1cc(F)c2nc(C)cn2c1. The number of aromatic nitrogens is 4. The molecule has 0 aliphatic carbocycles. The van der Waals surface area contributed by atoms with Gasteiger partial charge in [-0.05, 0) is 26.0 Å². The number of nitrogens with zero attached hydrogens (tertiary/aromatic N) is 5. The van der Waals surface area contributed by atoms with Crippen LogP contribution >= 0.6 is 0 Å². The second kappa shape index (κ2) is 9.12. The fourth-order valence-electron chi connectivity index (χ4n) is 4.05. The molecule has 0 atom stereocenters. The third-order valence-electron chi connectivity index (χ3n) is 5.45. The van der Waals surface area contributed by atoms with Crippen LogP contribution in [0.5, 0.6) is 0 Å². The summed E-state index contributed by atoms with van der Waals surface area (Å²) >= 11 is 0. The first-order chi connectivity index (χ1) is 15.5. The number of benzene rings is 1. The Labute approximate surface area is 186 Å². The highest BCUT2D eigenvalue weighted by Crippen LogP contribution is 2.33. The van der Waals surface area contributed by atoms with Gasteiger partial charge in [0.05, 0.1) is 22.3 Å². The third-order valence-corrected chi connectivity index (χ3v) is 5.45. The zero-order valence-corrected chi connectivity index (χ0v) is 18.9. The largest absolute Gasteiger partial charge is 0.369 e. The number of rotatable bonds is 4. The maximum Gasteiger partial charge on any atom is 0.173 e. The van der Waals surface area contributed by atoms with Gasteiger partial charge >= 0.3 is 0 Å². The monoisotopic (exact) mass is 441 g/mol. The van der Waals surface area contributed by atoms with Gasteiger partial charge in [0.25, 0.3) is 0 Å². The minimum atomic E-state index is -0.443. The van der Waals surface area contributed by atoms with Crippen LogP contribution in [-0.2, 0) is 6.54 Å². The van der Waals surface area contributed by atoms with Crippen LogP contribution in [0.4, 0.5) is 26.0 Å². The van der Waals surface area contributed by atoms with Crippen molar-refractivity contribution in [1.82, 2.24) is 24.5 Å². The van der Waals surface area contributed by atoms with Crippen molar-refractivity contribution in [2.24, 2.45) is 0 Å². The van der Waals surface area contributed by atoms with E-state index in [0.29, 0.717) is 29.0 Å². The molecule has 32 heavy (non-hydrogen) atoms. The molecule has 0 radical (unpaired) electrons. The minimum Gasteiger partial charge on any atom is -0.369 e. The molecule has 0 spiro atoms. The Morgan fingerprint density at radius 1 is 1.06 bits per heavy atom. The van der Waals surface area contributed by atoms with Crippen molar-refractivity contribution in [3.63, 3.8) is 0 Å². The Morgan fingerprint density at radius 3 is 2.53 bits per heavy atom. The van der Waals surface area contributed by atoms with Gasteiger partial charge in [-0.25, -0.2) is 18.4 Å². The molecule has 170 valence electrons. The maximum absolute atomic E-state index is 15.2. The van der Waals surface area contributed by atoms with Crippen LogP contribution in [0.1, 0.15) is 26.5 Å². The zero-order valence-electron chi connectivity index (χ0n) is 18.9. The van der Waals surface area contributed by atoms with Gasteiger partial charge in [0.15, 0.2) is 11.5 Å². The third kappa shape index (κ3) is 4.00. The summed E-state index contributed by atoms with van der Waals surface area (Å²) in [6.45, 7) is 11.7. The lowest BCUT2D eigenvalue weighted by Crippen LogP contribution is -2.43. The van der Waals surface area contributed by atoms with Crippen molar-refractivity contribution >= 4 is 33.7 Å². The Morgan fingerprint density at radius 2 is 1.81 bits per heavy atom. The van der Waals surface area contributed by atoms with Crippen LogP contribution in [0.15, 0.2) is 30.6 Å². The Balaban J connectivity index is 0.00000119. The van der Waals surface area contributed by atoms with Gasteiger partial charge in [0.1, 0.15) is 11.6 Å². The smallest absolute Gasteiger partial charge is 0.173 e. The summed E-state index contributed by atoms with van der Waals surface area (Å²) in [4.78, 5) is 6.33. The molecular formula is C23H29F2N7. The molecule has 1 aliphatic heterocycles. The molecule has 5 rings (SSSR count). The maximum atomic E-state index is 15.2. The van der Waals surface area contributed by atoms with E-state index in [1.807, 2.05) is 33.8 Å². The number of hydrogen-bond acceptors (Lipinski definition) is 5. The molecule has 1 saturated heterocycles. The molecule has 1 fully saturated rings. The molecule has 4 aromatic rings. The lowest BCUT2D eigenvalue weighted by Gasteiger charge is -2.29. The molecule has 0 amide bonds. The summed E-state index contributed by atoms with van der Waals surface area (Å²) < 4.78 is 33.0. The van der Waals surface area contributed by atoms with E-state index in [1.165, 1.54) is 6.07 Å². The van der Waals surface area contributed by atoms with Gasteiger partial charge in [0, 0.05) is 56.9 Å². The van der Waals surface area contributed by atoms with E-state index in [4.69, 9.17) is 0 Å². The first-order valence-electron chi connectivity index (χ1n) is 11.1. The second-order valence-electron chi connectivity index (χ2n) is 7.54. The highest BCUT2D eigenvalue weighted by Gasteiger charge is 2.20. The lowest BCUT2D eigenvalue weighted by molar-refractivity contribution is 0.586. The highest BCUT2D eigenvalue weighted by atomic mass is 19.1. The number of piperazine rings is 1. The van der Waals surface area contributed by atoms with Crippen LogP contribution in [0.25, 0.3) is 16.6 Å². The van der Waals surface area contributed by atoms with E-state index >= 15 is 4.39 Å². The quantitative estimate of drug-likeness (QED) is 0.489. The lowest BCUT2D eigenvalue weighted by atomic mass is 10.2. The van der Waals surface area contributed by atoms with E-state index in [-0.39, 0.29) is 11.5 Å². The first kappa shape index (κ1) is 22.0. The predicted molar refractivity (Wildman–Crippen MR) is 125 cm³/mol. The standard InChI is InChI=1S/C21H23F2N7.C2H6/c1-3-30-21(26-14-8-17(23)20-25-13(2)11-29(20)12-14)19-16(22)9-15(10-18(19)27-30)28-6-4-24-5-7-28;1-2/h8-12,24,26H,3-7H2,1-2H3;1-2H3. The topological polar surface area (TPSA) is 62.4 Å². The second-order valence-corrected chi connectivity index (χ2v) is 7.54. The number of imidazole rings is 1. The Kier molecular flexibility index (Phi) is 6.27. The molecule has 0 bridgehead atoms. The number of hydrogen-bond donors (Lipinski definition) is 2. The van der Waals surface area contributed by atoms with Crippen LogP contribution in [0.2, 0.25) is 0 Å². The first-order valence-corrected chi connectivity index (χ1v) is 11.1. The highest BCUT2D eigenvalue weighted by molar-refractivity contribution is 5.94. The summed E-state index contributed by atoms with van der Waals surface area (Å²) in [7, 11) is 0. The average Bonchev–Trinajstić information content (AvgIpc) is 3.36. The van der Waals surface area contributed by atoms with E-state index in [9.17, 15) is 4.39 Å². The van der Waals surface area contributed by atoms with Crippen molar-refractivity contribution in [3.05, 3.63) is 47.9 Å².